The number of carbonyl (C=O) groups is 1. The highest BCUT2D eigenvalue weighted by Gasteiger charge is 2.21. The minimum Gasteiger partial charge on any atom is -0.493 e. The summed E-state index contributed by atoms with van der Waals surface area (Å²) in [5.41, 5.74) is 2.30. The first-order chi connectivity index (χ1) is 11.6. The molecule has 0 spiro atoms. The Morgan fingerprint density at radius 3 is 2.96 bits per heavy atom. The van der Waals surface area contributed by atoms with Crippen molar-refractivity contribution < 1.29 is 19.1 Å². The van der Waals surface area contributed by atoms with E-state index >= 15 is 0 Å². The lowest BCUT2D eigenvalue weighted by molar-refractivity contribution is -0.136. The fraction of sp³-hybridized carbons (Fsp3) is 0.176. The fourth-order valence-electron chi connectivity index (χ4n) is 2.69. The Labute approximate surface area is 146 Å². The Hall–Kier alpha value is -2.31. The van der Waals surface area contributed by atoms with Crippen molar-refractivity contribution in [3.8, 4) is 27.8 Å². The maximum atomic E-state index is 11.1. The first kappa shape index (κ1) is 15.2. The van der Waals surface area contributed by atoms with Crippen LogP contribution in [0.25, 0.3) is 22.1 Å². The highest BCUT2D eigenvalue weighted by atomic mass is 35.5. The number of carboxylic acids is 1. The Kier molecular flexibility index (Phi) is 3.78. The maximum absolute atomic E-state index is 11.1. The second-order valence-corrected chi connectivity index (χ2v) is 7.11. The third-order valence-electron chi connectivity index (χ3n) is 3.75. The van der Waals surface area contributed by atoms with E-state index in [-0.39, 0.29) is 6.42 Å². The van der Waals surface area contributed by atoms with Crippen molar-refractivity contribution >= 4 is 28.9 Å². The van der Waals surface area contributed by atoms with Crippen molar-refractivity contribution in [2.24, 2.45) is 0 Å². The number of carboxylic acid groups (broad SMARTS) is 1. The van der Waals surface area contributed by atoms with Crippen LogP contribution in [0.3, 0.4) is 0 Å². The summed E-state index contributed by atoms with van der Waals surface area (Å²) in [6.07, 6.45) is 0.641. The molecule has 0 aliphatic carbocycles. The number of aliphatic carboxylic acids is 1. The number of aromatic nitrogens is 1. The number of ether oxygens (including phenoxy) is 1. The standard InChI is InChI=1S/C17H12ClNO4S/c18-14-4-3-13(24-14)16-11(8-15(20)21)19-17(23-16)10-1-2-12-9(7-10)5-6-22-12/h1-4,7H,5-6,8H2,(H,20,21). The molecule has 0 atom stereocenters. The van der Waals surface area contributed by atoms with Gasteiger partial charge < -0.3 is 14.3 Å². The van der Waals surface area contributed by atoms with Crippen LogP contribution in [0.1, 0.15) is 11.3 Å². The third kappa shape index (κ3) is 2.79. The Morgan fingerprint density at radius 2 is 2.21 bits per heavy atom. The third-order valence-corrected chi connectivity index (χ3v) is 4.98. The average molecular weight is 362 g/mol. The van der Waals surface area contributed by atoms with Crippen molar-refractivity contribution in [2.75, 3.05) is 6.61 Å². The summed E-state index contributed by atoms with van der Waals surface area (Å²) in [5, 5.41) is 9.13. The molecule has 1 aliphatic heterocycles. The number of hydrogen-bond donors (Lipinski definition) is 1. The Bertz CT molecular complexity index is 931. The quantitative estimate of drug-likeness (QED) is 0.750. The number of oxazole rings is 1. The molecular weight excluding hydrogens is 350 g/mol. The monoisotopic (exact) mass is 361 g/mol. The molecule has 3 aromatic rings. The van der Waals surface area contributed by atoms with Crippen LogP contribution >= 0.6 is 22.9 Å². The smallest absolute Gasteiger partial charge is 0.309 e. The van der Waals surface area contributed by atoms with E-state index in [1.54, 1.807) is 12.1 Å². The number of rotatable bonds is 4. The van der Waals surface area contributed by atoms with E-state index in [2.05, 4.69) is 4.98 Å². The van der Waals surface area contributed by atoms with Gasteiger partial charge in [-0.1, -0.05) is 11.6 Å². The first-order valence-electron chi connectivity index (χ1n) is 7.33. The SMILES string of the molecule is O=C(O)Cc1nc(-c2ccc3c(c2)CCO3)oc1-c1ccc(Cl)s1. The molecule has 1 aromatic carbocycles. The van der Waals surface area contributed by atoms with Crippen molar-refractivity contribution in [2.45, 2.75) is 12.8 Å². The molecule has 4 rings (SSSR count). The molecule has 0 fully saturated rings. The van der Waals surface area contributed by atoms with Gasteiger partial charge in [0.2, 0.25) is 5.89 Å². The zero-order chi connectivity index (χ0) is 16.7. The average Bonchev–Trinajstić information content (AvgIpc) is 3.24. The molecule has 1 N–H and O–H groups in total. The summed E-state index contributed by atoms with van der Waals surface area (Å²) in [4.78, 5) is 16.3. The van der Waals surface area contributed by atoms with Gasteiger partial charge in [0, 0.05) is 12.0 Å². The molecule has 0 saturated heterocycles. The number of fused-ring (bicyclic) bond motifs is 1. The molecule has 5 nitrogen and oxygen atoms in total. The van der Waals surface area contributed by atoms with Crippen LogP contribution < -0.4 is 4.74 Å². The summed E-state index contributed by atoms with van der Waals surface area (Å²) >= 11 is 7.31. The van der Waals surface area contributed by atoms with Gasteiger partial charge in [-0.3, -0.25) is 4.79 Å². The van der Waals surface area contributed by atoms with Gasteiger partial charge in [-0.15, -0.1) is 11.3 Å². The highest BCUT2D eigenvalue weighted by molar-refractivity contribution is 7.19. The zero-order valence-electron chi connectivity index (χ0n) is 12.4. The molecule has 0 amide bonds. The van der Waals surface area contributed by atoms with Crippen LogP contribution in [-0.2, 0) is 17.6 Å². The lowest BCUT2D eigenvalue weighted by Crippen LogP contribution is -2.01. The van der Waals surface area contributed by atoms with E-state index in [4.69, 9.17) is 25.9 Å². The van der Waals surface area contributed by atoms with Gasteiger partial charge in [-0.05, 0) is 35.9 Å². The van der Waals surface area contributed by atoms with E-state index in [0.717, 1.165) is 28.2 Å². The number of benzene rings is 1. The number of halogens is 1. The largest absolute Gasteiger partial charge is 0.493 e. The molecule has 1 aliphatic rings. The van der Waals surface area contributed by atoms with Crippen molar-refractivity contribution in [1.29, 1.82) is 0 Å². The molecule has 3 heterocycles. The zero-order valence-corrected chi connectivity index (χ0v) is 14.0. The Balaban J connectivity index is 1.79. The summed E-state index contributed by atoms with van der Waals surface area (Å²) in [7, 11) is 0. The predicted molar refractivity (Wildman–Crippen MR) is 90.8 cm³/mol. The first-order valence-corrected chi connectivity index (χ1v) is 8.53. The summed E-state index contributed by atoms with van der Waals surface area (Å²) in [6, 6.07) is 9.29. The lowest BCUT2D eigenvalue weighted by atomic mass is 10.1. The molecule has 0 saturated carbocycles. The van der Waals surface area contributed by atoms with Gasteiger partial charge in [0.05, 0.1) is 27.9 Å². The molecular formula is C17H12ClNO4S. The van der Waals surface area contributed by atoms with Crippen LogP contribution in [0, 0.1) is 0 Å². The van der Waals surface area contributed by atoms with Crippen LogP contribution in [-0.4, -0.2) is 22.7 Å². The van der Waals surface area contributed by atoms with Gasteiger partial charge in [-0.25, -0.2) is 4.98 Å². The topological polar surface area (TPSA) is 72.6 Å². The van der Waals surface area contributed by atoms with E-state index in [1.807, 2.05) is 18.2 Å². The summed E-state index contributed by atoms with van der Waals surface area (Å²) < 4.78 is 12.0. The molecule has 24 heavy (non-hydrogen) atoms. The molecule has 0 bridgehead atoms. The van der Waals surface area contributed by atoms with E-state index in [1.165, 1.54) is 11.3 Å². The second kappa shape index (κ2) is 5.96. The maximum Gasteiger partial charge on any atom is 0.309 e. The van der Waals surface area contributed by atoms with Crippen LogP contribution in [0.4, 0.5) is 0 Å². The van der Waals surface area contributed by atoms with E-state index in [0.29, 0.717) is 28.3 Å². The van der Waals surface area contributed by atoms with Crippen molar-refractivity contribution in [1.82, 2.24) is 4.98 Å². The van der Waals surface area contributed by atoms with Crippen LogP contribution in [0.5, 0.6) is 5.75 Å². The van der Waals surface area contributed by atoms with Gasteiger partial charge in [-0.2, -0.15) is 0 Å². The fourth-order valence-corrected chi connectivity index (χ4v) is 3.73. The predicted octanol–water partition coefficient (Wildman–Crippen LogP) is 4.29. The van der Waals surface area contributed by atoms with Gasteiger partial charge in [0.25, 0.3) is 0 Å². The highest BCUT2D eigenvalue weighted by Crippen LogP contribution is 2.37. The molecule has 122 valence electrons. The van der Waals surface area contributed by atoms with Crippen LogP contribution in [0.15, 0.2) is 34.7 Å². The lowest BCUT2D eigenvalue weighted by Gasteiger charge is -2.00. The van der Waals surface area contributed by atoms with Gasteiger partial charge in [0.1, 0.15) is 5.75 Å². The minimum absolute atomic E-state index is 0.206. The molecule has 0 unspecified atom stereocenters. The van der Waals surface area contributed by atoms with Crippen molar-refractivity contribution in [3.63, 3.8) is 0 Å². The van der Waals surface area contributed by atoms with Gasteiger partial charge in [0.15, 0.2) is 5.76 Å². The van der Waals surface area contributed by atoms with E-state index < -0.39 is 5.97 Å². The number of nitrogens with zero attached hydrogens (tertiary/aromatic N) is 1. The molecule has 0 radical (unpaired) electrons. The summed E-state index contributed by atoms with van der Waals surface area (Å²) in [6.45, 7) is 0.674. The minimum atomic E-state index is -0.957. The van der Waals surface area contributed by atoms with Crippen molar-refractivity contribution in [3.05, 3.63) is 45.9 Å². The number of thiophene rings is 1. The van der Waals surface area contributed by atoms with Gasteiger partial charge >= 0.3 is 5.97 Å². The van der Waals surface area contributed by atoms with E-state index in [9.17, 15) is 4.79 Å². The summed E-state index contributed by atoms with van der Waals surface area (Å²) in [5.74, 6) is 0.781. The normalized spacial score (nSPS) is 12.9. The van der Waals surface area contributed by atoms with Crippen LogP contribution in [0.2, 0.25) is 4.34 Å². The molecule has 2 aromatic heterocycles. The second-order valence-electron chi connectivity index (χ2n) is 5.39. The number of hydrogen-bond acceptors (Lipinski definition) is 5. The Morgan fingerprint density at radius 1 is 1.33 bits per heavy atom. The molecule has 7 heteroatoms.